The third-order valence-electron chi connectivity index (χ3n) is 3.18. The number of carbonyl (C=O) groups is 1. The number of ether oxygens (including phenoxy) is 1. The number of halogens is 1. The van der Waals surface area contributed by atoms with Gasteiger partial charge in [0.05, 0.1) is 13.7 Å². The molecule has 2 rings (SSSR count). The van der Waals surface area contributed by atoms with Crippen LogP contribution in [-0.4, -0.2) is 31.4 Å². The molecule has 110 valence electrons. The van der Waals surface area contributed by atoms with E-state index in [1.165, 1.54) is 19.2 Å². The predicted octanol–water partition coefficient (Wildman–Crippen LogP) is 3.15. The summed E-state index contributed by atoms with van der Waals surface area (Å²) >= 11 is 0. The highest BCUT2D eigenvalue weighted by atomic mass is 19.1. The fourth-order valence-corrected chi connectivity index (χ4v) is 2.13. The van der Waals surface area contributed by atoms with E-state index in [2.05, 4.69) is 0 Å². The van der Waals surface area contributed by atoms with Crippen molar-refractivity contribution in [1.82, 2.24) is 4.90 Å². The minimum absolute atomic E-state index is 0.116. The smallest absolute Gasteiger partial charge is 0.176 e. The molecule has 0 unspecified atom stereocenters. The highest BCUT2D eigenvalue weighted by molar-refractivity contribution is 5.97. The first-order valence-electron chi connectivity index (χ1n) is 6.69. The van der Waals surface area contributed by atoms with E-state index in [9.17, 15) is 9.18 Å². The molecule has 0 atom stereocenters. The molecule has 2 aromatic rings. The lowest BCUT2D eigenvalue weighted by molar-refractivity contribution is 0.0942. The maximum Gasteiger partial charge on any atom is 0.176 e. The fraction of sp³-hybridized carbons (Fsp3) is 0.235. The zero-order chi connectivity index (χ0) is 15.2. The molecule has 0 aliphatic heterocycles. The molecule has 0 bridgehead atoms. The Bertz CT molecular complexity index is 613. The standard InChI is InChI=1S/C17H18FNO2/c1-19(11-13-6-4-3-5-7-13)12-16(20)14-8-9-17(21-2)15(18)10-14/h3-10H,11-12H2,1-2H3. The summed E-state index contributed by atoms with van der Waals surface area (Å²) in [6, 6.07) is 14.2. The second-order valence-electron chi connectivity index (χ2n) is 4.93. The maximum absolute atomic E-state index is 13.6. The average molecular weight is 287 g/mol. The molecule has 0 aromatic heterocycles. The lowest BCUT2D eigenvalue weighted by Gasteiger charge is -2.16. The first kappa shape index (κ1) is 15.2. The van der Waals surface area contributed by atoms with Crippen molar-refractivity contribution in [2.24, 2.45) is 0 Å². The molecule has 0 saturated heterocycles. The van der Waals surface area contributed by atoms with E-state index in [1.807, 2.05) is 42.3 Å². The number of likely N-dealkylation sites (N-methyl/N-ethyl adjacent to an activating group) is 1. The zero-order valence-corrected chi connectivity index (χ0v) is 12.2. The van der Waals surface area contributed by atoms with Crippen LogP contribution in [0.4, 0.5) is 4.39 Å². The largest absolute Gasteiger partial charge is 0.494 e. The van der Waals surface area contributed by atoms with Gasteiger partial charge in [-0.15, -0.1) is 0 Å². The number of rotatable bonds is 6. The van der Waals surface area contributed by atoms with Gasteiger partial charge in [-0.3, -0.25) is 9.69 Å². The second kappa shape index (κ2) is 6.99. The highest BCUT2D eigenvalue weighted by Gasteiger charge is 2.12. The summed E-state index contributed by atoms with van der Waals surface area (Å²) in [5.41, 5.74) is 1.49. The fourth-order valence-electron chi connectivity index (χ4n) is 2.13. The van der Waals surface area contributed by atoms with Gasteiger partial charge in [0, 0.05) is 12.1 Å². The molecule has 0 spiro atoms. The summed E-state index contributed by atoms with van der Waals surface area (Å²) in [7, 11) is 3.26. The van der Waals surface area contributed by atoms with Crippen molar-refractivity contribution in [1.29, 1.82) is 0 Å². The number of benzene rings is 2. The summed E-state index contributed by atoms with van der Waals surface area (Å²) in [6.45, 7) is 0.909. The maximum atomic E-state index is 13.6. The number of methoxy groups -OCH3 is 1. The van der Waals surface area contributed by atoms with Gasteiger partial charge in [-0.1, -0.05) is 30.3 Å². The summed E-state index contributed by atoms with van der Waals surface area (Å²) in [5.74, 6) is -0.492. The van der Waals surface area contributed by atoms with E-state index >= 15 is 0 Å². The van der Waals surface area contributed by atoms with Gasteiger partial charge in [-0.2, -0.15) is 0 Å². The van der Waals surface area contributed by atoms with Crippen LogP contribution in [0.25, 0.3) is 0 Å². The molecule has 3 nitrogen and oxygen atoms in total. The zero-order valence-electron chi connectivity index (χ0n) is 12.2. The molecule has 21 heavy (non-hydrogen) atoms. The number of Topliss-reactive ketones (excluding diaryl/α,β-unsaturated/α-hetero) is 1. The normalized spacial score (nSPS) is 10.7. The third-order valence-corrected chi connectivity index (χ3v) is 3.18. The number of hydrogen-bond acceptors (Lipinski definition) is 3. The van der Waals surface area contributed by atoms with Crippen LogP contribution in [0.2, 0.25) is 0 Å². The van der Waals surface area contributed by atoms with Gasteiger partial charge in [0.15, 0.2) is 17.3 Å². The number of hydrogen-bond donors (Lipinski definition) is 0. The van der Waals surface area contributed by atoms with Crippen LogP contribution in [0.5, 0.6) is 5.75 Å². The van der Waals surface area contributed by atoms with Gasteiger partial charge in [-0.25, -0.2) is 4.39 Å². The van der Waals surface area contributed by atoms with Crippen LogP contribution in [0.15, 0.2) is 48.5 Å². The SMILES string of the molecule is COc1ccc(C(=O)CN(C)Cc2ccccc2)cc1F. The second-order valence-corrected chi connectivity index (χ2v) is 4.93. The molecule has 4 heteroatoms. The van der Waals surface area contributed by atoms with E-state index in [0.717, 1.165) is 5.56 Å². The van der Waals surface area contributed by atoms with Crippen molar-refractivity contribution in [2.75, 3.05) is 20.7 Å². The van der Waals surface area contributed by atoms with Gasteiger partial charge in [0.1, 0.15) is 0 Å². The minimum atomic E-state index is -0.519. The van der Waals surface area contributed by atoms with Crippen LogP contribution >= 0.6 is 0 Å². The van der Waals surface area contributed by atoms with E-state index < -0.39 is 5.82 Å². The molecule has 2 aromatic carbocycles. The Labute approximate surface area is 124 Å². The molecule has 0 aliphatic rings. The van der Waals surface area contributed by atoms with Gasteiger partial charge in [0.2, 0.25) is 0 Å². The van der Waals surface area contributed by atoms with Gasteiger partial charge in [0.25, 0.3) is 0 Å². The molecule has 0 saturated carbocycles. The van der Waals surface area contributed by atoms with Crippen LogP contribution < -0.4 is 4.74 Å². The molecular formula is C17H18FNO2. The summed E-state index contributed by atoms with van der Waals surface area (Å²) < 4.78 is 18.4. The molecule has 0 heterocycles. The molecule has 0 amide bonds. The lowest BCUT2D eigenvalue weighted by atomic mass is 10.1. The summed E-state index contributed by atoms with van der Waals surface area (Å²) in [6.07, 6.45) is 0. The Hall–Kier alpha value is -2.20. The van der Waals surface area contributed by atoms with E-state index in [1.54, 1.807) is 6.07 Å². The highest BCUT2D eigenvalue weighted by Crippen LogP contribution is 2.18. The van der Waals surface area contributed by atoms with Crippen molar-refractivity contribution < 1.29 is 13.9 Å². The molecular weight excluding hydrogens is 269 g/mol. The Balaban J connectivity index is 1.99. The van der Waals surface area contributed by atoms with Gasteiger partial charge >= 0.3 is 0 Å². The number of ketones is 1. The topological polar surface area (TPSA) is 29.5 Å². The van der Waals surface area contributed by atoms with Crippen molar-refractivity contribution in [3.8, 4) is 5.75 Å². The van der Waals surface area contributed by atoms with Gasteiger partial charge in [-0.05, 0) is 30.8 Å². The number of carbonyl (C=O) groups excluding carboxylic acids is 1. The average Bonchev–Trinajstić information content (AvgIpc) is 2.48. The monoisotopic (exact) mass is 287 g/mol. The predicted molar refractivity (Wildman–Crippen MR) is 80.1 cm³/mol. The molecule has 0 fully saturated rings. The van der Waals surface area contributed by atoms with Crippen LogP contribution in [0, 0.1) is 5.82 Å². The van der Waals surface area contributed by atoms with Crippen LogP contribution in [0.3, 0.4) is 0 Å². The molecule has 0 radical (unpaired) electrons. The van der Waals surface area contributed by atoms with Gasteiger partial charge < -0.3 is 4.74 Å². The first-order valence-corrected chi connectivity index (χ1v) is 6.69. The number of nitrogens with zero attached hydrogens (tertiary/aromatic N) is 1. The van der Waals surface area contributed by atoms with Crippen molar-refractivity contribution in [3.05, 3.63) is 65.5 Å². The lowest BCUT2D eigenvalue weighted by Crippen LogP contribution is -2.25. The Morgan fingerprint density at radius 3 is 2.52 bits per heavy atom. The molecule has 0 aliphatic carbocycles. The quantitative estimate of drug-likeness (QED) is 0.764. The van der Waals surface area contributed by atoms with E-state index in [4.69, 9.17) is 4.74 Å². The van der Waals surface area contributed by atoms with Crippen LogP contribution in [-0.2, 0) is 6.54 Å². The van der Waals surface area contributed by atoms with Crippen LogP contribution in [0.1, 0.15) is 15.9 Å². The molecule has 0 N–H and O–H groups in total. The van der Waals surface area contributed by atoms with Crippen molar-refractivity contribution >= 4 is 5.78 Å². The first-order chi connectivity index (χ1) is 10.1. The van der Waals surface area contributed by atoms with Crippen molar-refractivity contribution in [3.63, 3.8) is 0 Å². The van der Waals surface area contributed by atoms with Crippen molar-refractivity contribution in [2.45, 2.75) is 6.54 Å². The third kappa shape index (κ3) is 4.13. The summed E-state index contributed by atoms with van der Waals surface area (Å²) in [4.78, 5) is 14.1. The van der Waals surface area contributed by atoms with E-state index in [-0.39, 0.29) is 18.1 Å². The Morgan fingerprint density at radius 1 is 1.19 bits per heavy atom. The Morgan fingerprint density at radius 2 is 1.90 bits per heavy atom. The Kier molecular flexibility index (Phi) is 5.06. The minimum Gasteiger partial charge on any atom is -0.494 e. The summed E-state index contributed by atoms with van der Waals surface area (Å²) in [5, 5.41) is 0. The van der Waals surface area contributed by atoms with E-state index in [0.29, 0.717) is 12.1 Å².